The van der Waals surface area contributed by atoms with Crippen molar-refractivity contribution in [2.45, 2.75) is 52.5 Å². The molecule has 0 spiro atoms. The van der Waals surface area contributed by atoms with Gasteiger partial charge in [0.05, 0.1) is 0 Å². The minimum absolute atomic E-state index is 0.589. The molecule has 2 saturated heterocycles. The SMILES string of the molecule is Cc1cc([C@H]2CCCN2CC(C)C)cnc1N1CCCC1. The molecule has 116 valence electrons. The predicted octanol–water partition coefficient (Wildman–Crippen LogP) is 3.78. The topological polar surface area (TPSA) is 19.4 Å². The normalized spacial score (nSPS) is 23.4. The molecule has 2 fully saturated rings. The molecule has 0 radical (unpaired) electrons. The lowest BCUT2D eigenvalue weighted by Crippen LogP contribution is -2.27. The highest BCUT2D eigenvalue weighted by molar-refractivity contribution is 5.48. The number of aryl methyl sites for hydroxylation is 1. The molecular weight excluding hydrogens is 258 g/mol. The van der Waals surface area contributed by atoms with Crippen LogP contribution in [0.4, 0.5) is 5.82 Å². The third-order valence-corrected chi connectivity index (χ3v) is 4.83. The van der Waals surface area contributed by atoms with Crippen molar-refractivity contribution < 1.29 is 0 Å². The van der Waals surface area contributed by atoms with Gasteiger partial charge in [-0.3, -0.25) is 4.90 Å². The summed E-state index contributed by atoms with van der Waals surface area (Å²) in [6.45, 7) is 11.7. The maximum Gasteiger partial charge on any atom is 0.131 e. The van der Waals surface area contributed by atoms with Crippen LogP contribution in [0.3, 0.4) is 0 Å². The van der Waals surface area contributed by atoms with E-state index in [-0.39, 0.29) is 0 Å². The van der Waals surface area contributed by atoms with Crippen molar-refractivity contribution in [1.29, 1.82) is 0 Å². The first-order valence-corrected chi connectivity index (χ1v) is 8.60. The fourth-order valence-corrected chi connectivity index (χ4v) is 3.92. The minimum atomic E-state index is 0.589. The van der Waals surface area contributed by atoms with Gasteiger partial charge >= 0.3 is 0 Å². The molecule has 0 aromatic carbocycles. The van der Waals surface area contributed by atoms with Gasteiger partial charge in [0, 0.05) is 31.9 Å². The molecule has 3 heterocycles. The number of rotatable bonds is 4. The van der Waals surface area contributed by atoms with E-state index in [2.05, 4.69) is 42.8 Å². The average Bonchev–Trinajstić information content (AvgIpc) is 3.09. The minimum Gasteiger partial charge on any atom is -0.356 e. The van der Waals surface area contributed by atoms with Crippen LogP contribution in [-0.2, 0) is 0 Å². The van der Waals surface area contributed by atoms with Gasteiger partial charge in [-0.2, -0.15) is 0 Å². The van der Waals surface area contributed by atoms with Crippen LogP contribution in [0.5, 0.6) is 0 Å². The van der Waals surface area contributed by atoms with E-state index in [1.54, 1.807) is 0 Å². The smallest absolute Gasteiger partial charge is 0.131 e. The van der Waals surface area contributed by atoms with Crippen molar-refractivity contribution in [3.8, 4) is 0 Å². The highest BCUT2D eigenvalue weighted by Gasteiger charge is 2.27. The fraction of sp³-hybridized carbons (Fsp3) is 0.722. The summed E-state index contributed by atoms with van der Waals surface area (Å²) in [6, 6.07) is 2.98. The first-order valence-electron chi connectivity index (χ1n) is 8.60. The molecule has 1 aromatic heterocycles. The van der Waals surface area contributed by atoms with Gasteiger partial charge in [-0.25, -0.2) is 4.98 Å². The summed E-state index contributed by atoms with van der Waals surface area (Å²) in [6.07, 6.45) is 7.38. The van der Waals surface area contributed by atoms with E-state index in [1.165, 1.54) is 68.8 Å². The van der Waals surface area contributed by atoms with Crippen molar-refractivity contribution in [2.24, 2.45) is 5.92 Å². The van der Waals surface area contributed by atoms with Crippen molar-refractivity contribution in [1.82, 2.24) is 9.88 Å². The van der Waals surface area contributed by atoms with Crippen molar-refractivity contribution >= 4 is 5.82 Å². The molecule has 2 aliphatic rings. The molecule has 0 N–H and O–H groups in total. The maximum atomic E-state index is 4.82. The van der Waals surface area contributed by atoms with Gasteiger partial charge in [0.1, 0.15) is 5.82 Å². The number of nitrogens with zero attached hydrogens (tertiary/aromatic N) is 3. The fourth-order valence-electron chi connectivity index (χ4n) is 3.92. The van der Waals surface area contributed by atoms with Crippen LogP contribution in [0.2, 0.25) is 0 Å². The molecule has 0 aliphatic carbocycles. The van der Waals surface area contributed by atoms with Gasteiger partial charge in [0.25, 0.3) is 0 Å². The Balaban J connectivity index is 1.77. The zero-order chi connectivity index (χ0) is 14.8. The van der Waals surface area contributed by atoms with Gasteiger partial charge in [-0.1, -0.05) is 13.8 Å². The summed E-state index contributed by atoms with van der Waals surface area (Å²) in [5.41, 5.74) is 2.78. The van der Waals surface area contributed by atoms with Crippen LogP contribution in [0, 0.1) is 12.8 Å². The summed E-state index contributed by atoms with van der Waals surface area (Å²) in [5.74, 6) is 1.95. The Morgan fingerprint density at radius 3 is 2.62 bits per heavy atom. The van der Waals surface area contributed by atoms with Crippen LogP contribution >= 0.6 is 0 Å². The lowest BCUT2D eigenvalue weighted by Gasteiger charge is -2.27. The van der Waals surface area contributed by atoms with Gasteiger partial charge < -0.3 is 4.90 Å². The first kappa shape index (κ1) is 14.8. The van der Waals surface area contributed by atoms with E-state index in [0.717, 1.165) is 5.92 Å². The van der Waals surface area contributed by atoms with E-state index < -0.39 is 0 Å². The molecule has 0 unspecified atom stereocenters. The quantitative estimate of drug-likeness (QED) is 0.840. The molecule has 0 bridgehead atoms. The number of pyridine rings is 1. The number of aromatic nitrogens is 1. The summed E-state index contributed by atoms with van der Waals surface area (Å²) >= 11 is 0. The molecule has 0 saturated carbocycles. The Hall–Kier alpha value is -1.09. The Kier molecular flexibility index (Phi) is 4.48. The van der Waals surface area contributed by atoms with Gasteiger partial charge in [-0.15, -0.1) is 0 Å². The molecule has 1 aromatic rings. The van der Waals surface area contributed by atoms with Crippen molar-refractivity contribution in [3.63, 3.8) is 0 Å². The summed E-state index contributed by atoms with van der Waals surface area (Å²) < 4.78 is 0. The van der Waals surface area contributed by atoms with Gasteiger partial charge in [0.15, 0.2) is 0 Å². The number of hydrogen-bond donors (Lipinski definition) is 0. The monoisotopic (exact) mass is 287 g/mol. The third kappa shape index (κ3) is 3.23. The summed E-state index contributed by atoms with van der Waals surface area (Å²) in [7, 11) is 0. The number of likely N-dealkylation sites (tertiary alicyclic amines) is 1. The van der Waals surface area contributed by atoms with Crippen LogP contribution in [0.1, 0.15) is 56.7 Å². The molecule has 0 amide bonds. The molecule has 2 aliphatic heterocycles. The number of anilines is 1. The van der Waals surface area contributed by atoms with E-state index in [1.807, 2.05) is 0 Å². The lowest BCUT2D eigenvalue weighted by molar-refractivity contribution is 0.228. The second kappa shape index (κ2) is 6.35. The van der Waals surface area contributed by atoms with Crippen LogP contribution in [-0.4, -0.2) is 36.1 Å². The van der Waals surface area contributed by atoms with E-state index in [9.17, 15) is 0 Å². The molecule has 3 nitrogen and oxygen atoms in total. The highest BCUT2D eigenvalue weighted by Crippen LogP contribution is 2.34. The van der Waals surface area contributed by atoms with E-state index >= 15 is 0 Å². The van der Waals surface area contributed by atoms with Gasteiger partial charge in [0.2, 0.25) is 0 Å². The van der Waals surface area contributed by atoms with Crippen LogP contribution in [0.25, 0.3) is 0 Å². The van der Waals surface area contributed by atoms with E-state index in [0.29, 0.717) is 6.04 Å². The Bertz CT molecular complexity index is 477. The average molecular weight is 287 g/mol. The zero-order valence-electron chi connectivity index (χ0n) is 13.8. The molecule has 3 rings (SSSR count). The molecule has 21 heavy (non-hydrogen) atoms. The second-order valence-electron chi connectivity index (χ2n) is 7.15. The van der Waals surface area contributed by atoms with Crippen LogP contribution < -0.4 is 4.90 Å². The zero-order valence-corrected chi connectivity index (χ0v) is 13.8. The third-order valence-electron chi connectivity index (χ3n) is 4.83. The van der Waals surface area contributed by atoms with Gasteiger partial charge in [-0.05, 0) is 62.3 Å². The van der Waals surface area contributed by atoms with E-state index in [4.69, 9.17) is 4.98 Å². The molecule has 3 heteroatoms. The standard InChI is InChI=1S/C18H29N3/c1-14(2)13-21-10-6-7-17(21)16-11-15(3)18(19-12-16)20-8-4-5-9-20/h11-12,14,17H,4-10,13H2,1-3H3/t17-/m1/s1. The van der Waals surface area contributed by atoms with Crippen molar-refractivity contribution in [3.05, 3.63) is 23.4 Å². The lowest BCUT2D eigenvalue weighted by atomic mass is 10.0. The molecule has 1 atom stereocenters. The Morgan fingerprint density at radius 1 is 1.19 bits per heavy atom. The highest BCUT2D eigenvalue weighted by atomic mass is 15.2. The van der Waals surface area contributed by atoms with Crippen LogP contribution in [0.15, 0.2) is 12.3 Å². The molecular formula is C18H29N3. The predicted molar refractivity (Wildman–Crippen MR) is 88.8 cm³/mol. The largest absolute Gasteiger partial charge is 0.356 e. The summed E-state index contributed by atoms with van der Waals surface area (Å²) in [4.78, 5) is 9.91. The maximum absolute atomic E-state index is 4.82. The summed E-state index contributed by atoms with van der Waals surface area (Å²) in [5, 5.41) is 0. The first-order chi connectivity index (χ1) is 10.1. The Labute approximate surface area is 129 Å². The van der Waals surface area contributed by atoms with Crippen molar-refractivity contribution in [2.75, 3.05) is 31.1 Å². The second-order valence-corrected chi connectivity index (χ2v) is 7.15. The number of hydrogen-bond acceptors (Lipinski definition) is 3. The Morgan fingerprint density at radius 2 is 1.95 bits per heavy atom.